The number of amides is 2. The number of hydrazine groups is 1. The number of nitrogens with two attached hydrogens (primary N) is 1. The highest BCUT2D eigenvalue weighted by Crippen LogP contribution is 2.26. The zero-order chi connectivity index (χ0) is 23.0. The number of carbonyl (C=O) groups is 4. The smallest absolute Gasteiger partial charge is 0.328 e. The van der Waals surface area contributed by atoms with Crippen LogP contribution in [0.5, 0.6) is 0 Å². The maximum Gasteiger partial charge on any atom is 0.328 e. The lowest BCUT2D eigenvalue weighted by Gasteiger charge is -2.42. The predicted octanol–water partition coefficient (Wildman–Crippen LogP) is 0.363. The van der Waals surface area contributed by atoms with E-state index >= 15 is 0 Å². The van der Waals surface area contributed by atoms with Crippen LogP contribution in [0, 0.1) is 5.92 Å². The van der Waals surface area contributed by atoms with Gasteiger partial charge in [-0.25, -0.2) is 14.6 Å². The van der Waals surface area contributed by atoms with Gasteiger partial charge >= 0.3 is 11.9 Å². The molecule has 0 saturated carbocycles. The van der Waals surface area contributed by atoms with Gasteiger partial charge in [-0.3, -0.25) is 14.6 Å². The molecule has 0 radical (unpaired) electrons. The van der Waals surface area contributed by atoms with Crippen molar-refractivity contribution in [2.24, 2.45) is 11.7 Å². The first-order valence-electron chi connectivity index (χ1n) is 10.2. The fourth-order valence-corrected chi connectivity index (χ4v) is 3.95. The Morgan fingerprint density at radius 2 is 1.87 bits per heavy atom. The molecule has 1 aliphatic rings. The van der Waals surface area contributed by atoms with Gasteiger partial charge in [0.15, 0.2) is 0 Å². The van der Waals surface area contributed by atoms with Crippen molar-refractivity contribution in [1.82, 2.24) is 15.3 Å². The summed E-state index contributed by atoms with van der Waals surface area (Å²) in [6.45, 7) is 5.33. The third kappa shape index (κ3) is 6.58. The van der Waals surface area contributed by atoms with Crippen molar-refractivity contribution in [2.75, 3.05) is 18.6 Å². The topological polar surface area (TPSA) is 153 Å². The fraction of sp³-hybridized carbons (Fsp3) is 0.789. The molecule has 1 saturated heterocycles. The summed E-state index contributed by atoms with van der Waals surface area (Å²) in [6.07, 6.45) is 3.58. The molecule has 1 aliphatic heterocycles. The number of hydrogen-bond acceptors (Lipinski definition) is 7. The van der Waals surface area contributed by atoms with E-state index < -0.39 is 47.9 Å². The average molecular weight is 447 g/mol. The van der Waals surface area contributed by atoms with Crippen LogP contribution in [0.2, 0.25) is 0 Å². The Balaban J connectivity index is 3.20. The first kappa shape index (κ1) is 26.2. The van der Waals surface area contributed by atoms with Crippen molar-refractivity contribution in [3.8, 4) is 0 Å². The number of carboxylic acids is 2. The summed E-state index contributed by atoms with van der Waals surface area (Å²) < 4.78 is 0. The van der Waals surface area contributed by atoms with Crippen molar-refractivity contribution in [3.63, 3.8) is 0 Å². The second-order valence-electron chi connectivity index (χ2n) is 7.64. The highest BCUT2D eigenvalue weighted by molar-refractivity contribution is 7.98. The maximum absolute atomic E-state index is 12.9. The molecule has 2 amide bonds. The molecule has 0 aromatic rings. The first-order valence-corrected chi connectivity index (χ1v) is 11.6. The Morgan fingerprint density at radius 3 is 2.33 bits per heavy atom. The van der Waals surface area contributed by atoms with Crippen LogP contribution in [-0.2, 0) is 19.2 Å². The first-order chi connectivity index (χ1) is 14.1. The van der Waals surface area contributed by atoms with Gasteiger partial charge < -0.3 is 21.3 Å². The van der Waals surface area contributed by atoms with E-state index in [1.807, 2.05) is 13.2 Å². The molecular weight excluding hydrogens is 412 g/mol. The minimum absolute atomic E-state index is 0.266. The number of thioether (sulfide) groups is 1. The van der Waals surface area contributed by atoms with Gasteiger partial charge in [-0.05, 0) is 44.1 Å². The summed E-state index contributed by atoms with van der Waals surface area (Å²) in [6, 6.07) is -4.01. The number of carboxylic acid groups (broad SMARTS) is 2. The largest absolute Gasteiger partial charge is 0.480 e. The zero-order valence-corrected chi connectivity index (χ0v) is 18.9. The van der Waals surface area contributed by atoms with Crippen molar-refractivity contribution in [2.45, 2.75) is 70.6 Å². The van der Waals surface area contributed by atoms with Gasteiger partial charge in [0.2, 0.25) is 5.91 Å². The van der Waals surface area contributed by atoms with Gasteiger partial charge in [0.1, 0.15) is 18.1 Å². The number of aliphatic carboxylic acids is 2. The highest BCUT2D eigenvalue weighted by Gasteiger charge is 2.45. The van der Waals surface area contributed by atoms with Gasteiger partial charge in [-0.15, -0.1) is 0 Å². The van der Waals surface area contributed by atoms with Crippen molar-refractivity contribution >= 4 is 35.5 Å². The van der Waals surface area contributed by atoms with Crippen LogP contribution in [0.3, 0.4) is 0 Å². The molecule has 0 bridgehead atoms. The molecule has 1 fully saturated rings. The van der Waals surface area contributed by atoms with Gasteiger partial charge in [-0.2, -0.15) is 11.8 Å². The SMILES string of the molecule is CC[C@H](C)[C@@H](C(=O)O)N(C(=O)[C@H](C)N)N1CCC[C@H]1C(=O)N[C@@H](CCSC)C(=O)O. The Kier molecular flexibility index (Phi) is 10.6. The lowest BCUT2D eigenvalue weighted by atomic mass is 9.98. The molecule has 0 spiro atoms. The van der Waals surface area contributed by atoms with E-state index in [4.69, 9.17) is 5.73 Å². The summed E-state index contributed by atoms with van der Waals surface area (Å²) >= 11 is 1.47. The molecule has 11 heteroatoms. The number of carbonyl (C=O) groups excluding carboxylic acids is 2. The predicted molar refractivity (Wildman–Crippen MR) is 114 cm³/mol. The van der Waals surface area contributed by atoms with Crippen LogP contribution < -0.4 is 11.1 Å². The van der Waals surface area contributed by atoms with Crippen molar-refractivity contribution in [1.29, 1.82) is 0 Å². The van der Waals surface area contributed by atoms with Crippen LogP contribution in [0.1, 0.15) is 46.5 Å². The van der Waals surface area contributed by atoms with Gasteiger partial charge in [-0.1, -0.05) is 20.3 Å². The van der Waals surface area contributed by atoms with Crippen LogP contribution in [-0.4, -0.2) is 86.7 Å². The molecular formula is C19H34N4O6S. The summed E-state index contributed by atoms with van der Waals surface area (Å²) in [5.74, 6) is -3.23. The molecule has 5 atom stereocenters. The molecule has 0 aliphatic carbocycles. The number of nitrogens with zero attached hydrogens (tertiary/aromatic N) is 2. The van der Waals surface area contributed by atoms with E-state index in [2.05, 4.69) is 5.32 Å². The molecule has 1 heterocycles. The standard InChI is InChI=1S/C19H34N4O6S/c1-5-11(2)15(19(28)29)23(17(25)12(3)20)22-9-6-7-14(22)16(24)21-13(18(26)27)8-10-30-4/h11-15H,5-10,20H2,1-4H3,(H,21,24)(H,26,27)(H,28,29)/t11-,12-,13-,14-,15-/m0/s1. The molecule has 1 rings (SSSR count). The summed E-state index contributed by atoms with van der Waals surface area (Å²) in [7, 11) is 0. The number of nitrogens with one attached hydrogen (secondary N) is 1. The van der Waals surface area contributed by atoms with Gasteiger partial charge in [0, 0.05) is 6.54 Å². The normalized spacial score (nSPS) is 20.8. The minimum atomic E-state index is -1.17. The summed E-state index contributed by atoms with van der Waals surface area (Å²) in [5, 5.41) is 24.4. The lowest BCUT2D eigenvalue weighted by molar-refractivity contribution is -0.177. The monoisotopic (exact) mass is 446 g/mol. The molecule has 5 N–H and O–H groups in total. The summed E-state index contributed by atoms with van der Waals surface area (Å²) in [4.78, 5) is 49.4. The zero-order valence-electron chi connectivity index (χ0n) is 18.0. The number of hydrogen-bond donors (Lipinski definition) is 4. The second kappa shape index (κ2) is 12.1. The van der Waals surface area contributed by atoms with E-state index in [0.717, 1.165) is 5.01 Å². The molecule has 0 unspecified atom stereocenters. The lowest BCUT2D eigenvalue weighted by Crippen LogP contribution is -2.63. The molecule has 30 heavy (non-hydrogen) atoms. The minimum Gasteiger partial charge on any atom is -0.480 e. The van der Waals surface area contributed by atoms with Crippen LogP contribution in [0.4, 0.5) is 0 Å². The highest BCUT2D eigenvalue weighted by atomic mass is 32.2. The Morgan fingerprint density at radius 1 is 1.23 bits per heavy atom. The van der Waals surface area contributed by atoms with Gasteiger partial charge in [0.25, 0.3) is 5.91 Å². The Bertz CT molecular complexity index is 632. The number of rotatable bonds is 12. The molecule has 0 aromatic carbocycles. The third-order valence-corrected chi connectivity index (χ3v) is 5.99. The third-order valence-electron chi connectivity index (χ3n) is 5.34. The van der Waals surface area contributed by atoms with E-state index in [0.29, 0.717) is 31.6 Å². The van der Waals surface area contributed by atoms with Crippen LogP contribution in [0.15, 0.2) is 0 Å². The fourth-order valence-electron chi connectivity index (χ4n) is 3.48. The molecule has 10 nitrogen and oxygen atoms in total. The van der Waals surface area contributed by atoms with E-state index in [9.17, 15) is 29.4 Å². The van der Waals surface area contributed by atoms with Crippen LogP contribution in [0.25, 0.3) is 0 Å². The molecule has 172 valence electrons. The van der Waals surface area contributed by atoms with Crippen LogP contribution >= 0.6 is 11.8 Å². The maximum atomic E-state index is 12.9. The van der Waals surface area contributed by atoms with Gasteiger partial charge in [0.05, 0.1) is 6.04 Å². The molecule has 0 aromatic heterocycles. The van der Waals surface area contributed by atoms with E-state index in [1.54, 1.807) is 6.92 Å². The quantitative estimate of drug-likeness (QED) is 0.333. The second-order valence-corrected chi connectivity index (χ2v) is 8.63. The summed E-state index contributed by atoms with van der Waals surface area (Å²) in [5.41, 5.74) is 5.79. The Labute approximate surface area is 181 Å². The van der Waals surface area contributed by atoms with E-state index in [1.165, 1.54) is 23.7 Å². The Hall–Kier alpha value is -1.85. The average Bonchev–Trinajstić information content (AvgIpc) is 3.16. The van der Waals surface area contributed by atoms with Crippen molar-refractivity contribution in [3.05, 3.63) is 0 Å². The van der Waals surface area contributed by atoms with E-state index in [-0.39, 0.29) is 12.3 Å². The van der Waals surface area contributed by atoms with Crippen molar-refractivity contribution < 1.29 is 29.4 Å².